The number of fused-ring (bicyclic) bond motifs is 1. The first-order valence-electron chi connectivity index (χ1n) is 9.81. The maximum Gasteiger partial charge on any atom is 0.259 e. The summed E-state index contributed by atoms with van der Waals surface area (Å²) >= 11 is 0. The van der Waals surface area contributed by atoms with Crippen LogP contribution in [0.5, 0.6) is 0 Å². The normalized spacial score (nSPS) is 21.7. The lowest BCUT2D eigenvalue weighted by molar-refractivity contribution is 0.339. The standard InChI is InChI=1S/C24H24BN/c1-4-11-20(12-5-1)24(21-13-6-2-7-14-21)19-25(22-15-8-3-9-16-22)26-18-10-17-23(24)26/h1-9,11-16,23H,10,17-19H2/t23-/m0/s1. The van der Waals surface area contributed by atoms with Gasteiger partial charge in [0.15, 0.2) is 0 Å². The average molecular weight is 337 g/mol. The predicted octanol–water partition coefficient (Wildman–Crippen LogP) is 4.35. The molecule has 128 valence electrons. The first-order valence-corrected chi connectivity index (χ1v) is 9.81. The van der Waals surface area contributed by atoms with Gasteiger partial charge in [-0.25, -0.2) is 0 Å². The third-order valence-electron chi connectivity index (χ3n) is 6.54. The van der Waals surface area contributed by atoms with Gasteiger partial charge in [-0.1, -0.05) is 96.5 Å². The summed E-state index contributed by atoms with van der Waals surface area (Å²) in [5.74, 6) is 0. The van der Waals surface area contributed by atoms with Gasteiger partial charge in [-0.3, -0.25) is 0 Å². The summed E-state index contributed by atoms with van der Waals surface area (Å²) in [4.78, 5) is 2.79. The van der Waals surface area contributed by atoms with Crippen molar-refractivity contribution in [2.45, 2.75) is 30.6 Å². The summed E-state index contributed by atoms with van der Waals surface area (Å²) in [6.45, 7) is 1.72. The lowest BCUT2D eigenvalue weighted by Gasteiger charge is -2.37. The van der Waals surface area contributed by atoms with Crippen molar-refractivity contribution < 1.29 is 0 Å². The van der Waals surface area contributed by atoms with E-state index in [1.165, 1.54) is 36.0 Å². The lowest BCUT2D eigenvalue weighted by Crippen LogP contribution is -2.45. The molecule has 2 heteroatoms. The number of rotatable bonds is 3. The Balaban J connectivity index is 1.70. The Morgan fingerprint density at radius 1 is 0.731 bits per heavy atom. The SMILES string of the molecule is c1ccc(B2CC(c3ccccc3)(c3ccccc3)[C@@H]3CCCN23)cc1. The topological polar surface area (TPSA) is 3.24 Å². The minimum Gasteiger partial charge on any atom is -0.334 e. The van der Waals surface area contributed by atoms with Crippen LogP contribution < -0.4 is 5.46 Å². The molecule has 2 aliphatic heterocycles. The second-order valence-electron chi connectivity index (χ2n) is 7.73. The monoisotopic (exact) mass is 337 g/mol. The van der Waals surface area contributed by atoms with Crippen LogP contribution in [0, 0.1) is 0 Å². The Hall–Kier alpha value is -2.32. The highest BCUT2D eigenvalue weighted by atomic mass is 15.2. The van der Waals surface area contributed by atoms with Gasteiger partial charge in [0.1, 0.15) is 0 Å². The first kappa shape index (κ1) is 15.9. The lowest BCUT2D eigenvalue weighted by atomic mass is 9.48. The summed E-state index contributed by atoms with van der Waals surface area (Å²) in [6, 6.07) is 34.2. The maximum absolute atomic E-state index is 2.79. The predicted molar refractivity (Wildman–Crippen MR) is 110 cm³/mol. The molecule has 2 saturated heterocycles. The van der Waals surface area contributed by atoms with Gasteiger partial charge in [-0.15, -0.1) is 0 Å². The van der Waals surface area contributed by atoms with Crippen LogP contribution in [0.1, 0.15) is 24.0 Å². The van der Waals surface area contributed by atoms with Crippen LogP contribution in [-0.2, 0) is 5.41 Å². The van der Waals surface area contributed by atoms with Gasteiger partial charge in [0, 0.05) is 11.5 Å². The van der Waals surface area contributed by atoms with Crippen molar-refractivity contribution >= 4 is 12.3 Å². The van der Waals surface area contributed by atoms with Crippen molar-refractivity contribution in [3.63, 3.8) is 0 Å². The van der Waals surface area contributed by atoms with E-state index in [1.807, 2.05) is 0 Å². The molecule has 1 nitrogen and oxygen atoms in total. The average Bonchev–Trinajstić information content (AvgIpc) is 3.32. The molecule has 2 fully saturated rings. The van der Waals surface area contributed by atoms with Gasteiger partial charge in [0.2, 0.25) is 0 Å². The highest BCUT2D eigenvalue weighted by Crippen LogP contribution is 2.51. The Morgan fingerprint density at radius 2 is 1.27 bits per heavy atom. The number of hydrogen-bond acceptors (Lipinski definition) is 1. The summed E-state index contributed by atoms with van der Waals surface area (Å²) < 4.78 is 0. The van der Waals surface area contributed by atoms with Crippen LogP contribution >= 0.6 is 0 Å². The molecule has 26 heavy (non-hydrogen) atoms. The summed E-state index contributed by atoms with van der Waals surface area (Å²) in [7, 11) is 0. The quantitative estimate of drug-likeness (QED) is 0.642. The number of benzene rings is 3. The summed E-state index contributed by atoms with van der Waals surface area (Å²) in [5.41, 5.74) is 4.50. The Morgan fingerprint density at radius 3 is 1.85 bits per heavy atom. The zero-order chi connectivity index (χ0) is 17.4. The molecule has 0 N–H and O–H groups in total. The number of hydrogen-bond donors (Lipinski definition) is 0. The van der Waals surface area contributed by atoms with Gasteiger partial charge in [-0.2, -0.15) is 0 Å². The summed E-state index contributed by atoms with van der Waals surface area (Å²) in [6.07, 6.45) is 3.75. The van der Waals surface area contributed by atoms with Crippen LogP contribution in [0.2, 0.25) is 6.32 Å². The molecule has 0 aromatic heterocycles. The van der Waals surface area contributed by atoms with E-state index < -0.39 is 0 Å². The Labute approximate surface area is 156 Å². The van der Waals surface area contributed by atoms with E-state index in [-0.39, 0.29) is 5.41 Å². The van der Waals surface area contributed by atoms with Crippen LogP contribution in [-0.4, -0.2) is 24.2 Å². The van der Waals surface area contributed by atoms with Gasteiger partial charge < -0.3 is 4.81 Å². The van der Waals surface area contributed by atoms with E-state index in [0.717, 1.165) is 6.32 Å². The molecule has 2 aliphatic rings. The van der Waals surface area contributed by atoms with Crippen molar-refractivity contribution in [1.82, 2.24) is 4.81 Å². The van der Waals surface area contributed by atoms with Crippen LogP contribution in [0.25, 0.3) is 0 Å². The zero-order valence-electron chi connectivity index (χ0n) is 15.1. The molecule has 3 aromatic carbocycles. The maximum atomic E-state index is 2.79. The van der Waals surface area contributed by atoms with E-state index in [2.05, 4.69) is 95.8 Å². The fourth-order valence-corrected chi connectivity index (χ4v) is 5.49. The Kier molecular flexibility index (Phi) is 3.94. The van der Waals surface area contributed by atoms with E-state index in [4.69, 9.17) is 0 Å². The number of nitrogens with zero attached hydrogens (tertiary/aromatic N) is 1. The summed E-state index contributed by atoms with van der Waals surface area (Å²) in [5, 5.41) is 0. The highest BCUT2D eigenvalue weighted by molar-refractivity contribution is 6.72. The van der Waals surface area contributed by atoms with Crippen molar-refractivity contribution in [1.29, 1.82) is 0 Å². The molecule has 0 amide bonds. The van der Waals surface area contributed by atoms with E-state index in [9.17, 15) is 0 Å². The van der Waals surface area contributed by atoms with E-state index >= 15 is 0 Å². The van der Waals surface area contributed by atoms with Crippen LogP contribution in [0.3, 0.4) is 0 Å². The second-order valence-corrected chi connectivity index (χ2v) is 7.73. The van der Waals surface area contributed by atoms with Gasteiger partial charge in [0.25, 0.3) is 6.85 Å². The van der Waals surface area contributed by atoms with E-state index in [1.54, 1.807) is 0 Å². The molecule has 0 spiro atoms. The molecule has 0 radical (unpaired) electrons. The van der Waals surface area contributed by atoms with Crippen molar-refractivity contribution in [3.8, 4) is 0 Å². The fourth-order valence-electron chi connectivity index (χ4n) is 5.49. The van der Waals surface area contributed by atoms with Gasteiger partial charge in [0.05, 0.1) is 0 Å². The van der Waals surface area contributed by atoms with Crippen molar-refractivity contribution in [3.05, 3.63) is 102 Å². The highest BCUT2D eigenvalue weighted by Gasteiger charge is 2.56. The van der Waals surface area contributed by atoms with E-state index in [0.29, 0.717) is 12.9 Å². The molecule has 0 unspecified atom stereocenters. The molecular formula is C24H24BN. The van der Waals surface area contributed by atoms with Crippen molar-refractivity contribution in [2.24, 2.45) is 0 Å². The van der Waals surface area contributed by atoms with Crippen LogP contribution in [0.15, 0.2) is 91.0 Å². The Bertz CT molecular complexity index is 823. The molecule has 0 bridgehead atoms. The second kappa shape index (κ2) is 6.44. The molecule has 5 rings (SSSR count). The third kappa shape index (κ3) is 2.36. The first-order chi connectivity index (χ1) is 12.9. The smallest absolute Gasteiger partial charge is 0.259 e. The molecule has 0 aliphatic carbocycles. The molecule has 0 saturated carbocycles. The molecular weight excluding hydrogens is 313 g/mol. The van der Waals surface area contributed by atoms with Crippen molar-refractivity contribution in [2.75, 3.05) is 6.54 Å². The zero-order valence-corrected chi connectivity index (χ0v) is 15.1. The molecule has 3 aromatic rings. The third-order valence-corrected chi connectivity index (χ3v) is 6.54. The largest absolute Gasteiger partial charge is 0.334 e. The molecule has 2 heterocycles. The van der Waals surface area contributed by atoms with Crippen LogP contribution in [0.4, 0.5) is 0 Å². The van der Waals surface area contributed by atoms with Gasteiger partial charge in [-0.05, 0) is 36.8 Å². The minimum absolute atomic E-state index is 0.0829. The minimum atomic E-state index is 0.0829. The fraction of sp³-hybridized carbons (Fsp3) is 0.250. The molecule has 1 atom stereocenters. The van der Waals surface area contributed by atoms with Gasteiger partial charge >= 0.3 is 0 Å².